The van der Waals surface area contributed by atoms with Gasteiger partial charge in [0.05, 0.1) is 6.20 Å². The van der Waals surface area contributed by atoms with Gasteiger partial charge in [0.2, 0.25) is 5.95 Å². The van der Waals surface area contributed by atoms with Gasteiger partial charge in [0.1, 0.15) is 0 Å². The first kappa shape index (κ1) is 12.3. The summed E-state index contributed by atoms with van der Waals surface area (Å²) in [4.78, 5) is 7.44. The molecule has 1 heterocycles. The smallest absolute Gasteiger partial charge is 0.222 e. The number of fused-ring (bicyclic) bond motifs is 1. The van der Waals surface area contributed by atoms with Gasteiger partial charge in [0.25, 0.3) is 0 Å². The van der Waals surface area contributed by atoms with Gasteiger partial charge >= 0.3 is 0 Å². The van der Waals surface area contributed by atoms with E-state index in [4.69, 9.17) is 5.73 Å². The van der Waals surface area contributed by atoms with E-state index in [-0.39, 0.29) is 11.8 Å². The lowest BCUT2D eigenvalue weighted by Crippen LogP contribution is -2.06. The summed E-state index contributed by atoms with van der Waals surface area (Å²) < 4.78 is 13.5. The molecule has 0 aliphatic heterocycles. The van der Waals surface area contributed by atoms with Crippen molar-refractivity contribution in [2.75, 3.05) is 11.1 Å². The fraction of sp³-hybridized carbons (Fsp3) is 0.0667. The van der Waals surface area contributed by atoms with Crippen LogP contribution in [0.25, 0.3) is 10.8 Å². The molecule has 0 saturated heterocycles. The zero-order chi connectivity index (χ0) is 13.9. The predicted molar refractivity (Wildman–Crippen MR) is 77.7 cm³/mol. The van der Waals surface area contributed by atoms with Crippen LogP contribution in [0.3, 0.4) is 0 Å². The van der Waals surface area contributed by atoms with E-state index in [1.165, 1.54) is 0 Å². The Kier molecular flexibility index (Phi) is 3.16. The van der Waals surface area contributed by atoms with Gasteiger partial charge in [0.15, 0.2) is 11.6 Å². The summed E-state index contributed by atoms with van der Waals surface area (Å²) in [5.41, 5.74) is 6.53. The molecule has 0 atom stereocenters. The van der Waals surface area contributed by atoms with Crippen molar-refractivity contribution >= 4 is 22.5 Å². The molecule has 0 aliphatic carbocycles. The molecule has 0 unspecified atom stereocenters. The van der Waals surface area contributed by atoms with E-state index in [9.17, 15) is 4.39 Å². The molecule has 0 bridgehead atoms. The van der Waals surface area contributed by atoms with Crippen LogP contribution in [-0.4, -0.2) is 9.97 Å². The molecular weight excluding hydrogens is 255 g/mol. The number of nitrogens with one attached hydrogen (secondary N) is 1. The Hall–Kier alpha value is -2.69. The van der Waals surface area contributed by atoms with E-state index >= 15 is 0 Å². The van der Waals surface area contributed by atoms with Crippen LogP contribution < -0.4 is 11.1 Å². The summed E-state index contributed by atoms with van der Waals surface area (Å²) in [6.45, 7) is 0.467. The minimum atomic E-state index is -0.514. The average Bonchev–Trinajstić information content (AvgIpc) is 2.48. The third-order valence-corrected chi connectivity index (χ3v) is 3.09. The largest absolute Gasteiger partial charge is 0.368 e. The number of benzene rings is 2. The van der Waals surface area contributed by atoms with Crippen LogP contribution in [0.2, 0.25) is 0 Å². The normalized spacial score (nSPS) is 10.7. The van der Waals surface area contributed by atoms with Crippen LogP contribution in [0.5, 0.6) is 0 Å². The molecular formula is C15H13FN4. The summed E-state index contributed by atoms with van der Waals surface area (Å²) in [6, 6.07) is 14.1. The highest BCUT2D eigenvalue weighted by Crippen LogP contribution is 2.20. The second kappa shape index (κ2) is 5.13. The highest BCUT2D eigenvalue weighted by molar-refractivity contribution is 5.85. The van der Waals surface area contributed by atoms with Gasteiger partial charge in [-0.25, -0.2) is 9.37 Å². The molecule has 5 heteroatoms. The summed E-state index contributed by atoms with van der Waals surface area (Å²) in [5.74, 6) is -0.350. The number of halogens is 1. The van der Waals surface area contributed by atoms with Gasteiger partial charge in [-0.3, -0.25) is 0 Å². The number of nitrogens with zero attached hydrogens (tertiary/aromatic N) is 2. The Morgan fingerprint density at radius 2 is 1.90 bits per heavy atom. The van der Waals surface area contributed by atoms with Crippen LogP contribution in [0.4, 0.5) is 16.2 Å². The van der Waals surface area contributed by atoms with Crippen molar-refractivity contribution in [3.63, 3.8) is 0 Å². The monoisotopic (exact) mass is 268 g/mol. The average molecular weight is 268 g/mol. The Balaban J connectivity index is 1.89. The maximum atomic E-state index is 13.5. The van der Waals surface area contributed by atoms with E-state index in [2.05, 4.69) is 15.3 Å². The van der Waals surface area contributed by atoms with Gasteiger partial charge in [-0.15, -0.1) is 0 Å². The second-order valence-corrected chi connectivity index (χ2v) is 4.42. The van der Waals surface area contributed by atoms with Crippen molar-refractivity contribution in [1.29, 1.82) is 0 Å². The van der Waals surface area contributed by atoms with Crippen LogP contribution in [-0.2, 0) is 6.54 Å². The minimum Gasteiger partial charge on any atom is -0.368 e. The minimum absolute atomic E-state index is 0.0480. The van der Waals surface area contributed by atoms with E-state index in [1.807, 2.05) is 42.5 Å². The zero-order valence-corrected chi connectivity index (χ0v) is 10.7. The summed E-state index contributed by atoms with van der Waals surface area (Å²) in [5, 5.41) is 5.23. The first-order chi connectivity index (χ1) is 9.74. The third kappa shape index (κ3) is 2.38. The molecule has 0 fully saturated rings. The summed E-state index contributed by atoms with van der Waals surface area (Å²) in [7, 11) is 0. The Labute approximate surface area is 115 Å². The molecule has 0 radical (unpaired) electrons. The lowest BCUT2D eigenvalue weighted by Gasteiger charge is -2.09. The number of nitrogens with two attached hydrogens (primary N) is 1. The molecule has 1 aromatic heterocycles. The number of hydrogen-bond acceptors (Lipinski definition) is 4. The van der Waals surface area contributed by atoms with Crippen LogP contribution in [0.1, 0.15) is 5.56 Å². The van der Waals surface area contributed by atoms with Crippen molar-refractivity contribution in [3.05, 3.63) is 60.0 Å². The molecule has 0 aliphatic rings. The molecule has 100 valence electrons. The van der Waals surface area contributed by atoms with Crippen molar-refractivity contribution < 1.29 is 4.39 Å². The van der Waals surface area contributed by atoms with Crippen molar-refractivity contribution in [1.82, 2.24) is 9.97 Å². The maximum Gasteiger partial charge on any atom is 0.222 e. The van der Waals surface area contributed by atoms with Gasteiger partial charge in [-0.1, -0.05) is 42.5 Å². The van der Waals surface area contributed by atoms with Gasteiger partial charge < -0.3 is 11.1 Å². The standard InChI is InChI=1S/C15H13FN4/c16-13-9-19-15(17)20-14(13)18-8-11-6-3-5-10-4-1-2-7-12(10)11/h1-7,9H,8H2,(H3,17,18,19,20). The summed E-state index contributed by atoms with van der Waals surface area (Å²) >= 11 is 0. The third-order valence-electron chi connectivity index (χ3n) is 3.09. The van der Waals surface area contributed by atoms with Crippen LogP contribution in [0.15, 0.2) is 48.7 Å². The molecule has 3 rings (SSSR count). The predicted octanol–water partition coefficient (Wildman–Crippen LogP) is 2.96. The maximum absolute atomic E-state index is 13.5. The Morgan fingerprint density at radius 3 is 2.80 bits per heavy atom. The lowest BCUT2D eigenvalue weighted by atomic mass is 10.0. The number of anilines is 2. The van der Waals surface area contributed by atoms with Gasteiger partial charge in [0, 0.05) is 6.54 Å². The Bertz CT molecular complexity index is 752. The number of rotatable bonds is 3. The number of aromatic nitrogens is 2. The molecule has 4 nitrogen and oxygen atoms in total. The molecule has 2 aromatic carbocycles. The molecule has 20 heavy (non-hydrogen) atoms. The molecule has 3 aromatic rings. The zero-order valence-electron chi connectivity index (χ0n) is 10.7. The highest BCUT2D eigenvalue weighted by Gasteiger charge is 2.06. The second-order valence-electron chi connectivity index (χ2n) is 4.42. The van der Waals surface area contributed by atoms with Crippen molar-refractivity contribution in [3.8, 4) is 0 Å². The van der Waals surface area contributed by atoms with E-state index < -0.39 is 5.82 Å². The van der Waals surface area contributed by atoms with E-state index in [0.29, 0.717) is 6.54 Å². The van der Waals surface area contributed by atoms with Crippen LogP contribution in [0, 0.1) is 5.82 Å². The number of nitrogen functional groups attached to an aromatic ring is 1. The molecule has 0 spiro atoms. The van der Waals surface area contributed by atoms with E-state index in [0.717, 1.165) is 22.5 Å². The first-order valence-corrected chi connectivity index (χ1v) is 6.22. The topological polar surface area (TPSA) is 63.8 Å². The van der Waals surface area contributed by atoms with Crippen molar-refractivity contribution in [2.45, 2.75) is 6.54 Å². The Morgan fingerprint density at radius 1 is 1.10 bits per heavy atom. The number of hydrogen-bond donors (Lipinski definition) is 2. The van der Waals surface area contributed by atoms with Gasteiger partial charge in [-0.2, -0.15) is 4.98 Å². The van der Waals surface area contributed by atoms with E-state index in [1.54, 1.807) is 0 Å². The quantitative estimate of drug-likeness (QED) is 0.766. The lowest BCUT2D eigenvalue weighted by molar-refractivity contribution is 0.617. The highest BCUT2D eigenvalue weighted by atomic mass is 19.1. The first-order valence-electron chi connectivity index (χ1n) is 6.22. The molecule has 3 N–H and O–H groups in total. The van der Waals surface area contributed by atoms with Gasteiger partial charge in [-0.05, 0) is 16.3 Å². The summed E-state index contributed by atoms with van der Waals surface area (Å²) in [6.07, 6.45) is 1.06. The SMILES string of the molecule is Nc1ncc(F)c(NCc2cccc3ccccc23)n1. The fourth-order valence-electron chi connectivity index (χ4n) is 2.13. The van der Waals surface area contributed by atoms with Crippen molar-refractivity contribution in [2.24, 2.45) is 0 Å². The molecule has 0 amide bonds. The van der Waals surface area contributed by atoms with Crippen LogP contribution >= 0.6 is 0 Å². The fourth-order valence-corrected chi connectivity index (χ4v) is 2.13. The molecule has 0 saturated carbocycles.